The zero-order chi connectivity index (χ0) is 20.5. The van der Waals surface area contributed by atoms with Crippen LogP contribution in [0.25, 0.3) is 6.08 Å². The van der Waals surface area contributed by atoms with Gasteiger partial charge in [0, 0.05) is 22.2 Å². The molecule has 1 amide bonds. The van der Waals surface area contributed by atoms with Crippen LogP contribution in [0.4, 0.5) is 0 Å². The van der Waals surface area contributed by atoms with Crippen molar-refractivity contribution in [1.82, 2.24) is 9.91 Å². The standard InChI is InChI=1S/C24H29N3OS2/c1-17-6-3-11-26(15-17)16-22(28)27-24(21-10-5-13-30-21)20-9-2-7-18(23(20)25-27)14-19-8-4-12-29-19/h4-5,8,10,12-14,17,20,24H,2-3,6-7,9,11,15-16H2,1H3/b18-14+/t17-,20-,24+/m0/s1. The molecule has 1 saturated heterocycles. The maximum atomic E-state index is 13.5. The summed E-state index contributed by atoms with van der Waals surface area (Å²) in [6.45, 7) is 4.82. The monoisotopic (exact) mass is 439 g/mol. The average Bonchev–Trinajstić information content (AvgIpc) is 3.48. The largest absolute Gasteiger partial charge is 0.294 e. The summed E-state index contributed by atoms with van der Waals surface area (Å²) >= 11 is 3.52. The molecule has 6 heteroatoms. The first kappa shape index (κ1) is 20.2. The van der Waals surface area contributed by atoms with Crippen LogP contribution in [0.1, 0.15) is 54.8 Å². The van der Waals surface area contributed by atoms with E-state index in [4.69, 9.17) is 5.10 Å². The predicted molar refractivity (Wildman–Crippen MR) is 126 cm³/mol. The van der Waals surface area contributed by atoms with Gasteiger partial charge in [-0.2, -0.15) is 5.10 Å². The Balaban J connectivity index is 1.44. The summed E-state index contributed by atoms with van der Waals surface area (Å²) in [4.78, 5) is 18.3. The van der Waals surface area contributed by atoms with E-state index in [0.717, 1.165) is 38.1 Å². The van der Waals surface area contributed by atoms with Gasteiger partial charge in [-0.05, 0) is 79.1 Å². The lowest BCUT2D eigenvalue weighted by Crippen LogP contribution is -2.43. The highest BCUT2D eigenvalue weighted by Gasteiger charge is 2.44. The molecule has 2 aromatic heterocycles. The van der Waals surface area contributed by atoms with Crippen LogP contribution in [-0.4, -0.2) is 41.2 Å². The fourth-order valence-electron chi connectivity index (χ4n) is 5.18. The van der Waals surface area contributed by atoms with E-state index < -0.39 is 0 Å². The van der Waals surface area contributed by atoms with Crippen LogP contribution < -0.4 is 0 Å². The van der Waals surface area contributed by atoms with Gasteiger partial charge in [-0.15, -0.1) is 22.7 Å². The number of piperidine rings is 1. The van der Waals surface area contributed by atoms with Gasteiger partial charge in [-0.25, -0.2) is 5.01 Å². The summed E-state index contributed by atoms with van der Waals surface area (Å²) in [6.07, 6.45) is 8.07. The van der Waals surface area contributed by atoms with E-state index >= 15 is 0 Å². The molecule has 3 aliphatic rings. The maximum absolute atomic E-state index is 13.5. The summed E-state index contributed by atoms with van der Waals surface area (Å²) in [7, 11) is 0. The van der Waals surface area contributed by atoms with Gasteiger partial charge in [0.15, 0.2) is 0 Å². The Morgan fingerprint density at radius 2 is 2.07 bits per heavy atom. The number of fused-ring (bicyclic) bond motifs is 1. The van der Waals surface area contributed by atoms with Crippen LogP contribution in [0, 0.1) is 11.8 Å². The molecule has 0 unspecified atom stereocenters. The summed E-state index contributed by atoms with van der Waals surface area (Å²) in [5, 5.41) is 11.1. The smallest absolute Gasteiger partial charge is 0.257 e. The first-order valence-corrected chi connectivity index (χ1v) is 12.9. The van der Waals surface area contributed by atoms with Crippen molar-refractivity contribution >= 4 is 40.4 Å². The predicted octanol–water partition coefficient (Wildman–Crippen LogP) is 5.66. The SMILES string of the molecule is C[C@H]1CCCN(CC(=O)N2N=C3/C(=C/c4cccs4)CCC[C@@H]3[C@@H]2c2cccs2)C1. The highest BCUT2D eigenvalue weighted by Crippen LogP contribution is 2.45. The lowest BCUT2D eigenvalue weighted by molar-refractivity contribution is -0.135. The molecule has 0 radical (unpaired) electrons. The number of rotatable bonds is 4. The van der Waals surface area contributed by atoms with Gasteiger partial charge in [-0.3, -0.25) is 9.69 Å². The highest BCUT2D eigenvalue weighted by atomic mass is 32.1. The van der Waals surface area contributed by atoms with Crippen LogP contribution in [-0.2, 0) is 4.79 Å². The maximum Gasteiger partial charge on any atom is 0.257 e. The number of amides is 1. The van der Waals surface area contributed by atoms with E-state index in [1.165, 1.54) is 28.2 Å². The Morgan fingerprint density at radius 1 is 1.20 bits per heavy atom. The number of likely N-dealkylation sites (tertiary alicyclic amines) is 1. The minimum absolute atomic E-state index is 0.0572. The first-order chi connectivity index (χ1) is 14.7. The molecule has 4 heterocycles. The lowest BCUT2D eigenvalue weighted by Gasteiger charge is -2.33. The third kappa shape index (κ3) is 4.05. The lowest BCUT2D eigenvalue weighted by atomic mass is 9.79. The topological polar surface area (TPSA) is 35.9 Å². The third-order valence-corrected chi connectivity index (χ3v) is 8.31. The quantitative estimate of drug-likeness (QED) is 0.616. The molecule has 158 valence electrons. The van der Waals surface area contributed by atoms with Crippen molar-refractivity contribution in [3.63, 3.8) is 0 Å². The molecule has 0 aromatic carbocycles. The molecule has 0 bridgehead atoms. The molecular formula is C24H29N3OS2. The third-order valence-electron chi connectivity index (χ3n) is 6.55. The molecule has 2 aromatic rings. The molecule has 2 fully saturated rings. The number of hydrogen-bond donors (Lipinski definition) is 0. The molecule has 3 atom stereocenters. The number of hydrogen-bond acceptors (Lipinski definition) is 5. The second-order valence-corrected chi connectivity index (χ2v) is 10.8. The van der Waals surface area contributed by atoms with E-state index in [-0.39, 0.29) is 11.9 Å². The number of allylic oxidation sites excluding steroid dienone is 1. The van der Waals surface area contributed by atoms with Crippen LogP contribution >= 0.6 is 22.7 Å². The summed E-state index contributed by atoms with van der Waals surface area (Å²) < 4.78 is 0. The zero-order valence-electron chi connectivity index (χ0n) is 17.5. The molecular weight excluding hydrogens is 410 g/mol. The van der Waals surface area contributed by atoms with Crippen molar-refractivity contribution in [2.45, 2.75) is 45.1 Å². The van der Waals surface area contributed by atoms with Gasteiger partial charge in [0.1, 0.15) is 0 Å². The Bertz CT molecular complexity index is 932. The van der Waals surface area contributed by atoms with Crippen LogP contribution in [0.15, 0.2) is 45.7 Å². The Hall–Kier alpha value is -1.76. The molecule has 0 N–H and O–H groups in total. The van der Waals surface area contributed by atoms with Gasteiger partial charge in [0.25, 0.3) is 5.91 Å². The van der Waals surface area contributed by atoms with E-state index in [0.29, 0.717) is 18.4 Å². The summed E-state index contributed by atoms with van der Waals surface area (Å²) in [5.41, 5.74) is 2.46. The van der Waals surface area contributed by atoms with E-state index in [1.807, 2.05) is 5.01 Å². The van der Waals surface area contributed by atoms with Crippen LogP contribution in [0.5, 0.6) is 0 Å². The number of carbonyl (C=O) groups is 1. The van der Waals surface area contributed by atoms with E-state index in [2.05, 4.69) is 52.9 Å². The molecule has 30 heavy (non-hydrogen) atoms. The van der Waals surface area contributed by atoms with E-state index in [1.54, 1.807) is 22.7 Å². The van der Waals surface area contributed by atoms with Crippen molar-refractivity contribution in [3.05, 3.63) is 50.4 Å². The number of nitrogens with zero attached hydrogens (tertiary/aromatic N) is 3. The molecule has 1 saturated carbocycles. The Kier molecular flexibility index (Phi) is 5.89. The first-order valence-electron chi connectivity index (χ1n) is 11.1. The Morgan fingerprint density at radius 3 is 2.83 bits per heavy atom. The molecule has 4 nitrogen and oxygen atoms in total. The van der Waals surface area contributed by atoms with Gasteiger partial charge in [-0.1, -0.05) is 19.1 Å². The Labute approximate surface area is 186 Å². The fraction of sp³-hybridized carbons (Fsp3) is 0.500. The van der Waals surface area contributed by atoms with E-state index in [9.17, 15) is 4.79 Å². The van der Waals surface area contributed by atoms with Crippen molar-refractivity contribution in [3.8, 4) is 0 Å². The van der Waals surface area contributed by atoms with Crippen molar-refractivity contribution in [1.29, 1.82) is 0 Å². The second kappa shape index (κ2) is 8.77. The van der Waals surface area contributed by atoms with Crippen LogP contribution in [0.2, 0.25) is 0 Å². The molecule has 5 rings (SSSR count). The molecule has 2 aliphatic heterocycles. The molecule has 0 spiro atoms. The number of thiophene rings is 2. The minimum Gasteiger partial charge on any atom is -0.294 e. The van der Waals surface area contributed by atoms with Crippen molar-refractivity contribution in [2.24, 2.45) is 16.9 Å². The average molecular weight is 440 g/mol. The molecule has 1 aliphatic carbocycles. The van der Waals surface area contributed by atoms with Gasteiger partial charge in [0.05, 0.1) is 18.3 Å². The van der Waals surface area contributed by atoms with Gasteiger partial charge < -0.3 is 0 Å². The fourth-order valence-corrected chi connectivity index (χ4v) is 6.74. The second-order valence-electron chi connectivity index (χ2n) is 8.85. The van der Waals surface area contributed by atoms with Crippen molar-refractivity contribution < 1.29 is 4.79 Å². The highest BCUT2D eigenvalue weighted by molar-refractivity contribution is 7.11. The summed E-state index contributed by atoms with van der Waals surface area (Å²) in [5.74, 6) is 1.14. The van der Waals surface area contributed by atoms with Gasteiger partial charge in [0.2, 0.25) is 0 Å². The van der Waals surface area contributed by atoms with Crippen molar-refractivity contribution in [2.75, 3.05) is 19.6 Å². The normalized spacial score (nSPS) is 28.6. The number of carbonyl (C=O) groups excluding carboxylic acids is 1. The zero-order valence-corrected chi connectivity index (χ0v) is 19.1. The number of hydrazone groups is 1. The summed E-state index contributed by atoms with van der Waals surface area (Å²) in [6, 6.07) is 8.58. The van der Waals surface area contributed by atoms with Crippen LogP contribution in [0.3, 0.4) is 0 Å². The van der Waals surface area contributed by atoms with Gasteiger partial charge >= 0.3 is 0 Å². The minimum atomic E-state index is 0.0572.